The Bertz CT molecular complexity index is 331. The van der Waals surface area contributed by atoms with Gasteiger partial charge in [0, 0.05) is 12.0 Å². The highest BCUT2D eigenvalue weighted by molar-refractivity contribution is 5.77. The van der Waals surface area contributed by atoms with E-state index in [0.717, 1.165) is 0 Å². The summed E-state index contributed by atoms with van der Waals surface area (Å²) in [6.45, 7) is 7.74. The maximum absolute atomic E-state index is 11.4. The molecule has 0 aliphatic heterocycles. The standard InChI is InChI=1S/C10H17N3O2/c1-6(2)10-13-12-9(15-10)5-8(14)11-7(3)4/h6-7H,5H2,1-4H3,(H,11,14). The first kappa shape index (κ1) is 11.7. The van der Waals surface area contributed by atoms with E-state index in [1.54, 1.807) is 0 Å². The Morgan fingerprint density at radius 2 is 2.00 bits per heavy atom. The van der Waals surface area contributed by atoms with E-state index in [2.05, 4.69) is 15.5 Å². The Balaban J connectivity index is 2.53. The fourth-order valence-corrected chi connectivity index (χ4v) is 1.08. The van der Waals surface area contributed by atoms with Gasteiger partial charge in [-0.2, -0.15) is 0 Å². The average Bonchev–Trinajstić information content (AvgIpc) is 2.50. The number of hydrogen-bond donors (Lipinski definition) is 1. The highest BCUT2D eigenvalue weighted by Crippen LogP contribution is 2.11. The zero-order valence-electron chi connectivity index (χ0n) is 9.57. The molecule has 1 N–H and O–H groups in total. The molecular weight excluding hydrogens is 194 g/mol. The maximum atomic E-state index is 11.4. The lowest BCUT2D eigenvalue weighted by molar-refractivity contribution is -0.121. The van der Waals surface area contributed by atoms with Gasteiger partial charge in [-0.25, -0.2) is 0 Å². The molecule has 0 fully saturated rings. The lowest BCUT2D eigenvalue weighted by Gasteiger charge is -2.05. The van der Waals surface area contributed by atoms with Crippen LogP contribution in [0.3, 0.4) is 0 Å². The van der Waals surface area contributed by atoms with E-state index in [1.165, 1.54) is 0 Å². The molecule has 1 rings (SSSR count). The highest BCUT2D eigenvalue weighted by Gasteiger charge is 2.13. The van der Waals surface area contributed by atoms with Crippen molar-refractivity contribution in [1.82, 2.24) is 15.5 Å². The van der Waals surface area contributed by atoms with Crippen LogP contribution in [0.15, 0.2) is 4.42 Å². The largest absolute Gasteiger partial charge is 0.424 e. The first-order valence-corrected chi connectivity index (χ1v) is 5.10. The van der Waals surface area contributed by atoms with Gasteiger partial charge in [0.2, 0.25) is 17.7 Å². The lowest BCUT2D eigenvalue weighted by atomic mass is 10.2. The second-order valence-electron chi connectivity index (χ2n) is 4.09. The second-order valence-corrected chi connectivity index (χ2v) is 4.09. The van der Waals surface area contributed by atoms with Crippen LogP contribution in [0.4, 0.5) is 0 Å². The zero-order chi connectivity index (χ0) is 11.4. The van der Waals surface area contributed by atoms with Crippen molar-refractivity contribution in [2.75, 3.05) is 0 Å². The van der Waals surface area contributed by atoms with E-state index in [4.69, 9.17) is 4.42 Å². The van der Waals surface area contributed by atoms with E-state index in [1.807, 2.05) is 27.7 Å². The third-order valence-corrected chi connectivity index (χ3v) is 1.74. The molecule has 5 nitrogen and oxygen atoms in total. The number of carbonyl (C=O) groups is 1. The van der Waals surface area contributed by atoms with Crippen LogP contribution in [-0.2, 0) is 11.2 Å². The highest BCUT2D eigenvalue weighted by atomic mass is 16.4. The third kappa shape index (κ3) is 3.69. The summed E-state index contributed by atoms with van der Waals surface area (Å²) in [7, 11) is 0. The van der Waals surface area contributed by atoms with E-state index >= 15 is 0 Å². The number of hydrogen-bond acceptors (Lipinski definition) is 4. The maximum Gasteiger partial charge on any atom is 0.229 e. The van der Waals surface area contributed by atoms with Crippen molar-refractivity contribution in [2.45, 2.75) is 46.1 Å². The van der Waals surface area contributed by atoms with Gasteiger partial charge in [-0.3, -0.25) is 4.79 Å². The molecule has 0 atom stereocenters. The Kier molecular flexibility index (Phi) is 3.82. The summed E-state index contributed by atoms with van der Waals surface area (Å²) in [5, 5.41) is 10.4. The predicted molar refractivity (Wildman–Crippen MR) is 55.4 cm³/mol. The topological polar surface area (TPSA) is 68.0 Å². The van der Waals surface area contributed by atoms with Gasteiger partial charge in [0.25, 0.3) is 0 Å². The molecule has 0 spiro atoms. The van der Waals surface area contributed by atoms with Gasteiger partial charge in [0.15, 0.2) is 0 Å². The van der Waals surface area contributed by atoms with E-state index in [-0.39, 0.29) is 24.3 Å². The minimum Gasteiger partial charge on any atom is -0.424 e. The zero-order valence-corrected chi connectivity index (χ0v) is 9.57. The van der Waals surface area contributed by atoms with Crippen LogP contribution in [0.25, 0.3) is 0 Å². The molecular formula is C10H17N3O2. The molecule has 0 saturated carbocycles. The first-order chi connectivity index (χ1) is 6.99. The number of carbonyl (C=O) groups excluding carboxylic acids is 1. The molecule has 5 heteroatoms. The van der Waals surface area contributed by atoms with Crippen LogP contribution >= 0.6 is 0 Å². The van der Waals surface area contributed by atoms with Crippen molar-refractivity contribution in [2.24, 2.45) is 0 Å². The van der Waals surface area contributed by atoms with Crippen molar-refractivity contribution >= 4 is 5.91 Å². The summed E-state index contributed by atoms with van der Waals surface area (Å²) in [5.74, 6) is 1.04. The van der Waals surface area contributed by atoms with Crippen LogP contribution in [0, 0.1) is 0 Å². The smallest absolute Gasteiger partial charge is 0.229 e. The summed E-state index contributed by atoms with van der Waals surface area (Å²) >= 11 is 0. The van der Waals surface area contributed by atoms with Crippen LogP contribution in [0.1, 0.15) is 45.4 Å². The molecule has 0 aliphatic rings. The molecule has 0 radical (unpaired) electrons. The fourth-order valence-electron chi connectivity index (χ4n) is 1.08. The number of nitrogens with one attached hydrogen (secondary N) is 1. The summed E-state index contributed by atoms with van der Waals surface area (Å²) in [6, 6.07) is 0.130. The third-order valence-electron chi connectivity index (χ3n) is 1.74. The lowest BCUT2D eigenvalue weighted by Crippen LogP contribution is -2.31. The average molecular weight is 211 g/mol. The molecule has 84 valence electrons. The van der Waals surface area contributed by atoms with E-state index < -0.39 is 0 Å². The van der Waals surface area contributed by atoms with Crippen LogP contribution in [-0.4, -0.2) is 22.1 Å². The normalized spacial score (nSPS) is 11.1. The second kappa shape index (κ2) is 4.91. The Hall–Kier alpha value is -1.39. The van der Waals surface area contributed by atoms with E-state index in [0.29, 0.717) is 11.8 Å². The van der Waals surface area contributed by atoms with Crippen LogP contribution < -0.4 is 5.32 Å². The molecule has 1 heterocycles. The summed E-state index contributed by atoms with van der Waals surface area (Å²) in [4.78, 5) is 11.4. The number of amides is 1. The minimum atomic E-state index is -0.0936. The van der Waals surface area contributed by atoms with E-state index in [9.17, 15) is 4.79 Å². The van der Waals surface area contributed by atoms with Crippen molar-refractivity contribution in [1.29, 1.82) is 0 Å². The van der Waals surface area contributed by atoms with Gasteiger partial charge < -0.3 is 9.73 Å². The summed E-state index contributed by atoms with van der Waals surface area (Å²) in [6.07, 6.45) is 0.151. The number of nitrogens with zero attached hydrogens (tertiary/aromatic N) is 2. The molecule has 0 aromatic carbocycles. The molecule has 0 unspecified atom stereocenters. The molecule has 1 aromatic rings. The van der Waals surface area contributed by atoms with Crippen molar-refractivity contribution in [3.8, 4) is 0 Å². The SMILES string of the molecule is CC(C)NC(=O)Cc1nnc(C(C)C)o1. The summed E-state index contributed by atoms with van der Waals surface area (Å²) < 4.78 is 5.31. The molecule has 1 amide bonds. The Labute approximate surface area is 89.3 Å². The van der Waals surface area contributed by atoms with Gasteiger partial charge in [0.05, 0.1) is 0 Å². The molecule has 0 bridgehead atoms. The van der Waals surface area contributed by atoms with Crippen molar-refractivity contribution in [3.63, 3.8) is 0 Å². The Morgan fingerprint density at radius 3 is 2.47 bits per heavy atom. The number of rotatable bonds is 4. The van der Waals surface area contributed by atoms with Gasteiger partial charge in [0.1, 0.15) is 6.42 Å². The summed E-state index contributed by atoms with van der Waals surface area (Å²) in [5.41, 5.74) is 0. The van der Waals surface area contributed by atoms with Crippen molar-refractivity contribution < 1.29 is 9.21 Å². The number of aromatic nitrogens is 2. The minimum absolute atomic E-state index is 0.0936. The molecule has 0 saturated heterocycles. The molecule has 15 heavy (non-hydrogen) atoms. The quantitative estimate of drug-likeness (QED) is 0.814. The van der Waals surface area contributed by atoms with Gasteiger partial charge in [-0.1, -0.05) is 13.8 Å². The van der Waals surface area contributed by atoms with Crippen LogP contribution in [0.2, 0.25) is 0 Å². The van der Waals surface area contributed by atoms with Crippen LogP contribution in [0.5, 0.6) is 0 Å². The Morgan fingerprint density at radius 1 is 1.33 bits per heavy atom. The fraction of sp³-hybridized carbons (Fsp3) is 0.700. The van der Waals surface area contributed by atoms with Gasteiger partial charge in [-0.15, -0.1) is 10.2 Å². The molecule has 0 aliphatic carbocycles. The predicted octanol–water partition coefficient (Wildman–Crippen LogP) is 1.26. The monoisotopic (exact) mass is 211 g/mol. The van der Waals surface area contributed by atoms with Gasteiger partial charge >= 0.3 is 0 Å². The molecule has 1 aromatic heterocycles. The first-order valence-electron chi connectivity index (χ1n) is 5.10. The van der Waals surface area contributed by atoms with Crippen molar-refractivity contribution in [3.05, 3.63) is 11.8 Å². The van der Waals surface area contributed by atoms with Gasteiger partial charge in [-0.05, 0) is 13.8 Å².